The highest BCUT2D eigenvalue weighted by Gasteiger charge is 2.11. The average molecular weight is 388 g/mol. The van der Waals surface area contributed by atoms with E-state index >= 15 is 0 Å². The van der Waals surface area contributed by atoms with E-state index in [4.69, 9.17) is 4.74 Å². The Morgan fingerprint density at radius 2 is 1.62 bits per heavy atom. The summed E-state index contributed by atoms with van der Waals surface area (Å²) in [7, 11) is 0. The molecule has 5 nitrogen and oxygen atoms in total. The van der Waals surface area contributed by atoms with Crippen molar-refractivity contribution in [1.29, 1.82) is 0 Å². The van der Waals surface area contributed by atoms with Gasteiger partial charge in [-0.1, -0.05) is 48.5 Å². The summed E-state index contributed by atoms with van der Waals surface area (Å²) in [6.07, 6.45) is 1.04. The lowest BCUT2D eigenvalue weighted by atomic mass is 10.1. The van der Waals surface area contributed by atoms with E-state index in [9.17, 15) is 9.59 Å². The maximum atomic E-state index is 12.6. The van der Waals surface area contributed by atoms with Gasteiger partial charge in [-0.2, -0.15) is 0 Å². The van der Waals surface area contributed by atoms with Crippen LogP contribution < -0.4 is 15.4 Å². The molecule has 0 aromatic heterocycles. The van der Waals surface area contributed by atoms with Gasteiger partial charge in [-0.15, -0.1) is 0 Å². The number of carbonyl (C=O) groups is 2. The third-order valence-electron chi connectivity index (χ3n) is 4.33. The summed E-state index contributed by atoms with van der Waals surface area (Å²) in [6, 6.07) is 24.0. The van der Waals surface area contributed by atoms with E-state index in [1.54, 1.807) is 30.3 Å². The summed E-state index contributed by atoms with van der Waals surface area (Å²) in [5, 5.41) is 5.72. The smallest absolute Gasteiger partial charge is 0.255 e. The summed E-state index contributed by atoms with van der Waals surface area (Å²) >= 11 is 0. The summed E-state index contributed by atoms with van der Waals surface area (Å²) < 4.78 is 5.54. The number of para-hydroxylation sites is 2. The van der Waals surface area contributed by atoms with Gasteiger partial charge >= 0.3 is 0 Å². The van der Waals surface area contributed by atoms with Crippen LogP contribution >= 0.6 is 0 Å². The van der Waals surface area contributed by atoms with Gasteiger partial charge in [0.15, 0.2) is 0 Å². The maximum Gasteiger partial charge on any atom is 0.255 e. The molecule has 0 fully saturated rings. The molecule has 0 spiro atoms. The largest absolute Gasteiger partial charge is 0.492 e. The van der Waals surface area contributed by atoms with Crippen molar-refractivity contribution in [3.05, 3.63) is 90.0 Å². The standard InChI is InChI=1S/C24H24N2O3/c1-2-29-22-14-7-6-13-21(22)26-24(28)19-11-8-12-20(17-19)25-23(27)16-15-18-9-4-3-5-10-18/h3-14,17H,2,15-16H2,1H3,(H,25,27)(H,26,28). The number of hydrogen-bond donors (Lipinski definition) is 2. The van der Waals surface area contributed by atoms with Crippen molar-refractivity contribution in [2.75, 3.05) is 17.2 Å². The fourth-order valence-electron chi connectivity index (χ4n) is 2.91. The van der Waals surface area contributed by atoms with Gasteiger partial charge in [-0.05, 0) is 49.2 Å². The quantitative estimate of drug-likeness (QED) is 0.576. The van der Waals surface area contributed by atoms with E-state index in [0.717, 1.165) is 5.56 Å². The third-order valence-corrected chi connectivity index (χ3v) is 4.33. The fraction of sp³-hybridized carbons (Fsp3) is 0.167. The molecule has 2 amide bonds. The Morgan fingerprint density at radius 1 is 0.862 bits per heavy atom. The predicted molar refractivity (Wildman–Crippen MR) is 115 cm³/mol. The molecule has 3 aromatic carbocycles. The molecule has 148 valence electrons. The fourth-order valence-corrected chi connectivity index (χ4v) is 2.91. The zero-order valence-corrected chi connectivity index (χ0v) is 16.4. The molecule has 3 rings (SSSR count). The molecular formula is C24H24N2O3. The third kappa shape index (κ3) is 5.94. The van der Waals surface area contributed by atoms with Crippen molar-refractivity contribution in [2.24, 2.45) is 0 Å². The number of benzene rings is 3. The summed E-state index contributed by atoms with van der Waals surface area (Å²) in [6.45, 7) is 2.40. The minimum absolute atomic E-state index is 0.0897. The van der Waals surface area contributed by atoms with E-state index in [1.807, 2.05) is 55.5 Å². The van der Waals surface area contributed by atoms with Crippen LogP contribution in [0.25, 0.3) is 0 Å². The van der Waals surface area contributed by atoms with Crippen molar-refractivity contribution in [1.82, 2.24) is 0 Å². The minimum atomic E-state index is -0.266. The molecular weight excluding hydrogens is 364 g/mol. The first-order valence-electron chi connectivity index (χ1n) is 9.62. The lowest BCUT2D eigenvalue weighted by molar-refractivity contribution is -0.116. The zero-order chi connectivity index (χ0) is 20.5. The molecule has 0 unspecified atom stereocenters. The highest BCUT2D eigenvalue weighted by Crippen LogP contribution is 2.24. The first kappa shape index (κ1) is 20.1. The number of amides is 2. The van der Waals surface area contributed by atoms with E-state index in [2.05, 4.69) is 10.6 Å². The summed E-state index contributed by atoms with van der Waals surface area (Å²) in [5.41, 5.74) is 2.77. The zero-order valence-electron chi connectivity index (χ0n) is 16.4. The van der Waals surface area contributed by atoms with Crippen LogP contribution in [0, 0.1) is 0 Å². The predicted octanol–water partition coefficient (Wildman–Crippen LogP) is 4.91. The van der Waals surface area contributed by atoms with Gasteiger partial charge in [-0.25, -0.2) is 0 Å². The SMILES string of the molecule is CCOc1ccccc1NC(=O)c1cccc(NC(=O)CCc2ccccc2)c1. The first-order valence-corrected chi connectivity index (χ1v) is 9.62. The Morgan fingerprint density at radius 3 is 2.41 bits per heavy atom. The molecule has 0 saturated carbocycles. The van der Waals surface area contributed by atoms with Crippen LogP contribution in [-0.2, 0) is 11.2 Å². The topological polar surface area (TPSA) is 67.4 Å². The van der Waals surface area contributed by atoms with Crippen LogP contribution in [-0.4, -0.2) is 18.4 Å². The van der Waals surface area contributed by atoms with E-state index < -0.39 is 0 Å². The molecule has 0 bridgehead atoms. The molecule has 2 N–H and O–H groups in total. The first-order chi connectivity index (χ1) is 14.2. The van der Waals surface area contributed by atoms with Crippen LogP contribution in [0.1, 0.15) is 29.3 Å². The lowest BCUT2D eigenvalue weighted by Crippen LogP contribution is -2.15. The van der Waals surface area contributed by atoms with Gasteiger partial charge in [0.2, 0.25) is 5.91 Å². The van der Waals surface area contributed by atoms with E-state index in [1.165, 1.54) is 0 Å². The highest BCUT2D eigenvalue weighted by atomic mass is 16.5. The maximum absolute atomic E-state index is 12.6. The molecule has 5 heteroatoms. The van der Waals surface area contributed by atoms with E-state index in [0.29, 0.717) is 42.1 Å². The average Bonchev–Trinajstić information content (AvgIpc) is 2.75. The Labute approximate surface area is 170 Å². The highest BCUT2D eigenvalue weighted by molar-refractivity contribution is 6.06. The van der Waals surface area contributed by atoms with Crippen molar-refractivity contribution in [3.8, 4) is 5.75 Å². The second-order valence-electron chi connectivity index (χ2n) is 6.50. The van der Waals surface area contributed by atoms with Gasteiger partial charge in [0.1, 0.15) is 5.75 Å². The molecule has 0 aliphatic carbocycles. The molecule has 0 atom stereocenters. The number of nitrogens with one attached hydrogen (secondary N) is 2. The van der Waals surface area contributed by atoms with Gasteiger partial charge < -0.3 is 15.4 Å². The molecule has 3 aromatic rings. The second-order valence-corrected chi connectivity index (χ2v) is 6.50. The number of anilines is 2. The normalized spacial score (nSPS) is 10.2. The van der Waals surface area contributed by atoms with Crippen LogP contribution in [0.4, 0.5) is 11.4 Å². The number of ether oxygens (including phenoxy) is 1. The molecule has 0 radical (unpaired) electrons. The number of aryl methyl sites for hydroxylation is 1. The molecule has 0 aliphatic heterocycles. The van der Waals surface area contributed by atoms with Crippen molar-refractivity contribution in [2.45, 2.75) is 19.8 Å². The second kappa shape index (κ2) is 10.1. The monoisotopic (exact) mass is 388 g/mol. The van der Waals surface area contributed by atoms with Crippen molar-refractivity contribution in [3.63, 3.8) is 0 Å². The van der Waals surface area contributed by atoms with Crippen molar-refractivity contribution >= 4 is 23.2 Å². The number of hydrogen-bond acceptors (Lipinski definition) is 3. The molecule has 0 heterocycles. The van der Waals surface area contributed by atoms with Crippen LogP contribution in [0.5, 0.6) is 5.75 Å². The Kier molecular flexibility index (Phi) is 7.00. The van der Waals surface area contributed by atoms with Crippen molar-refractivity contribution < 1.29 is 14.3 Å². The molecule has 0 aliphatic rings. The van der Waals surface area contributed by atoms with Gasteiger partial charge in [-0.3, -0.25) is 9.59 Å². The van der Waals surface area contributed by atoms with Crippen LogP contribution in [0.2, 0.25) is 0 Å². The number of carbonyl (C=O) groups excluding carboxylic acids is 2. The lowest BCUT2D eigenvalue weighted by Gasteiger charge is -2.12. The summed E-state index contributed by atoms with van der Waals surface area (Å²) in [4.78, 5) is 24.9. The van der Waals surface area contributed by atoms with Crippen LogP contribution in [0.15, 0.2) is 78.9 Å². The molecule has 0 saturated heterocycles. The number of rotatable bonds is 8. The van der Waals surface area contributed by atoms with Gasteiger partial charge in [0.25, 0.3) is 5.91 Å². The van der Waals surface area contributed by atoms with Gasteiger partial charge in [0, 0.05) is 17.7 Å². The molecule has 29 heavy (non-hydrogen) atoms. The minimum Gasteiger partial charge on any atom is -0.492 e. The summed E-state index contributed by atoms with van der Waals surface area (Å²) in [5.74, 6) is 0.263. The van der Waals surface area contributed by atoms with Gasteiger partial charge in [0.05, 0.1) is 12.3 Å². The Bertz CT molecular complexity index is 971. The van der Waals surface area contributed by atoms with E-state index in [-0.39, 0.29) is 11.8 Å². The Balaban J connectivity index is 1.61. The van der Waals surface area contributed by atoms with Crippen LogP contribution in [0.3, 0.4) is 0 Å². The Hall–Kier alpha value is -3.60.